The van der Waals surface area contributed by atoms with Crippen LogP contribution < -0.4 is 5.32 Å². The molecule has 3 fully saturated rings. The van der Waals surface area contributed by atoms with E-state index in [0.717, 1.165) is 40.5 Å². The molecule has 3 atom stereocenters. The molecular weight excluding hydrogens is 302 g/mol. The number of halogens is 1. The molecule has 1 aromatic heterocycles. The molecule has 4 heteroatoms. The molecule has 4 rings (SSSR count). The van der Waals surface area contributed by atoms with Crippen molar-refractivity contribution < 1.29 is 0 Å². The average molecular weight is 322 g/mol. The molecule has 0 aliphatic heterocycles. The van der Waals surface area contributed by atoms with E-state index in [1.165, 1.54) is 38.5 Å². The summed E-state index contributed by atoms with van der Waals surface area (Å²) in [7, 11) is 0. The van der Waals surface area contributed by atoms with Gasteiger partial charge in [0.1, 0.15) is 16.2 Å². The Kier molecular flexibility index (Phi) is 3.02. The van der Waals surface area contributed by atoms with E-state index in [1.807, 2.05) is 6.07 Å². The van der Waals surface area contributed by atoms with Crippen LogP contribution in [0.2, 0.25) is 0 Å². The highest BCUT2D eigenvalue weighted by molar-refractivity contribution is 9.10. The van der Waals surface area contributed by atoms with E-state index in [9.17, 15) is 0 Å². The molecule has 2 bridgehead atoms. The zero-order valence-corrected chi connectivity index (χ0v) is 12.7. The highest BCUT2D eigenvalue weighted by atomic mass is 79.9. The minimum absolute atomic E-state index is 0.612. The van der Waals surface area contributed by atoms with Crippen LogP contribution >= 0.6 is 15.9 Å². The van der Waals surface area contributed by atoms with Crippen LogP contribution in [0, 0.1) is 17.8 Å². The highest BCUT2D eigenvalue weighted by Crippen LogP contribution is 2.48. The smallest absolute Gasteiger partial charge is 0.135 e. The molecule has 102 valence electrons. The van der Waals surface area contributed by atoms with Gasteiger partial charge in [-0.15, -0.1) is 0 Å². The first-order chi connectivity index (χ1) is 9.28. The molecule has 0 amide bonds. The summed E-state index contributed by atoms with van der Waals surface area (Å²) in [4.78, 5) is 9.15. The summed E-state index contributed by atoms with van der Waals surface area (Å²) in [5.41, 5.74) is 0. The van der Waals surface area contributed by atoms with E-state index in [4.69, 9.17) is 0 Å². The number of hydrogen-bond donors (Lipinski definition) is 1. The first-order valence-corrected chi connectivity index (χ1v) is 8.35. The normalized spacial score (nSPS) is 32.8. The average Bonchev–Trinajstić information content (AvgIpc) is 3.05. The molecule has 1 aromatic rings. The van der Waals surface area contributed by atoms with Crippen LogP contribution in [0.1, 0.15) is 50.3 Å². The third kappa shape index (κ3) is 2.51. The number of nitrogens with zero attached hydrogens (tertiary/aromatic N) is 2. The van der Waals surface area contributed by atoms with Crippen LogP contribution in [-0.2, 0) is 0 Å². The van der Waals surface area contributed by atoms with E-state index in [0.29, 0.717) is 5.92 Å². The second-order valence-corrected chi connectivity index (χ2v) is 7.34. The minimum atomic E-state index is 0.612. The second kappa shape index (κ2) is 4.72. The Bertz CT molecular complexity index is 486. The molecule has 19 heavy (non-hydrogen) atoms. The van der Waals surface area contributed by atoms with E-state index < -0.39 is 0 Å². The van der Waals surface area contributed by atoms with Crippen LogP contribution in [-0.4, -0.2) is 16.5 Å². The van der Waals surface area contributed by atoms with Crippen molar-refractivity contribution in [1.82, 2.24) is 9.97 Å². The van der Waals surface area contributed by atoms with Crippen molar-refractivity contribution in [2.24, 2.45) is 17.8 Å². The van der Waals surface area contributed by atoms with Crippen LogP contribution in [0.3, 0.4) is 0 Å². The minimum Gasteiger partial charge on any atom is -0.370 e. The number of nitrogens with one attached hydrogen (secondary N) is 1. The van der Waals surface area contributed by atoms with Crippen LogP contribution in [0.5, 0.6) is 0 Å². The van der Waals surface area contributed by atoms with Crippen molar-refractivity contribution in [3.05, 3.63) is 16.5 Å². The quantitative estimate of drug-likeness (QED) is 0.853. The Morgan fingerprint density at radius 3 is 2.74 bits per heavy atom. The van der Waals surface area contributed by atoms with Crippen molar-refractivity contribution in [3.63, 3.8) is 0 Å². The molecule has 0 saturated heterocycles. The SMILES string of the molecule is Brc1cc(NCC2CC3CCC2C3)nc(C2CC2)n1. The molecule has 0 spiro atoms. The van der Waals surface area contributed by atoms with E-state index in [1.54, 1.807) is 0 Å². The molecule has 3 unspecified atom stereocenters. The molecule has 1 heterocycles. The Balaban J connectivity index is 1.42. The van der Waals surface area contributed by atoms with Gasteiger partial charge in [0, 0.05) is 18.5 Å². The molecule has 3 aliphatic carbocycles. The lowest BCUT2D eigenvalue weighted by molar-refractivity contribution is 0.348. The fourth-order valence-corrected chi connectivity index (χ4v) is 4.31. The largest absolute Gasteiger partial charge is 0.370 e. The van der Waals surface area contributed by atoms with Crippen molar-refractivity contribution in [1.29, 1.82) is 0 Å². The van der Waals surface area contributed by atoms with Gasteiger partial charge in [-0.2, -0.15) is 0 Å². The predicted octanol–water partition coefficient (Wildman–Crippen LogP) is 3.96. The Labute approximate surface area is 122 Å². The second-order valence-electron chi connectivity index (χ2n) is 6.52. The Morgan fingerprint density at radius 2 is 2.05 bits per heavy atom. The van der Waals surface area contributed by atoms with Crippen molar-refractivity contribution in [2.45, 2.75) is 44.4 Å². The van der Waals surface area contributed by atoms with Gasteiger partial charge in [-0.3, -0.25) is 0 Å². The summed E-state index contributed by atoms with van der Waals surface area (Å²) in [6, 6.07) is 2.01. The van der Waals surface area contributed by atoms with Gasteiger partial charge in [-0.25, -0.2) is 9.97 Å². The molecular formula is C15H20BrN3. The maximum Gasteiger partial charge on any atom is 0.135 e. The maximum absolute atomic E-state index is 4.67. The van der Waals surface area contributed by atoms with Crippen molar-refractivity contribution >= 4 is 21.7 Å². The monoisotopic (exact) mass is 321 g/mol. The molecule has 0 aromatic carbocycles. The van der Waals surface area contributed by atoms with Crippen molar-refractivity contribution in [3.8, 4) is 0 Å². The van der Waals surface area contributed by atoms with Crippen LogP contribution in [0.15, 0.2) is 10.7 Å². The summed E-state index contributed by atoms with van der Waals surface area (Å²) in [5.74, 6) is 5.51. The van der Waals surface area contributed by atoms with Crippen LogP contribution in [0.25, 0.3) is 0 Å². The fourth-order valence-electron chi connectivity index (χ4n) is 3.91. The topological polar surface area (TPSA) is 37.8 Å². The van der Waals surface area contributed by atoms with E-state index in [-0.39, 0.29) is 0 Å². The van der Waals surface area contributed by atoms with Gasteiger partial charge in [-0.1, -0.05) is 6.42 Å². The number of aromatic nitrogens is 2. The van der Waals surface area contributed by atoms with Gasteiger partial charge in [0.05, 0.1) is 0 Å². The molecule has 1 N–H and O–H groups in total. The molecule has 3 nitrogen and oxygen atoms in total. The summed E-state index contributed by atoms with van der Waals surface area (Å²) < 4.78 is 0.917. The zero-order chi connectivity index (χ0) is 12.8. The van der Waals surface area contributed by atoms with E-state index >= 15 is 0 Å². The fraction of sp³-hybridized carbons (Fsp3) is 0.733. The predicted molar refractivity (Wildman–Crippen MR) is 79.1 cm³/mol. The van der Waals surface area contributed by atoms with Gasteiger partial charge < -0.3 is 5.32 Å². The number of fused-ring (bicyclic) bond motifs is 2. The zero-order valence-electron chi connectivity index (χ0n) is 11.1. The highest BCUT2D eigenvalue weighted by Gasteiger charge is 2.39. The Hall–Kier alpha value is -0.640. The number of hydrogen-bond acceptors (Lipinski definition) is 3. The molecule has 3 saturated carbocycles. The van der Waals surface area contributed by atoms with Gasteiger partial charge in [0.15, 0.2) is 0 Å². The summed E-state index contributed by atoms with van der Waals surface area (Å²) in [6.45, 7) is 1.09. The lowest BCUT2D eigenvalue weighted by atomic mass is 9.89. The van der Waals surface area contributed by atoms with Gasteiger partial charge >= 0.3 is 0 Å². The number of rotatable bonds is 4. The lowest BCUT2D eigenvalue weighted by Gasteiger charge is -2.22. The third-order valence-corrected chi connectivity index (χ3v) is 5.49. The first-order valence-electron chi connectivity index (χ1n) is 7.56. The molecule has 0 radical (unpaired) electrons. The summed E-state index contributed by atoms with van der Waals surface area (Å²) in [6.07, 6.45) is 8.35. The van der Waals surface area contributed by atoms with Gasteiger partial charge in [0.2, 0.25) is 0 Å². The summed E-state index contributed by atoms with van der Waals surface area (Å²) >= 11 is 3.50. The number of anilines is 1. The lowest BCUT2D eigenvalue weighted by Crippen LogP contribution is -2.20. The van der Waals surface area contributed by atoms with Gasteiger partial charge in [-0.05, 0) is 65.8 Å². The Morgan fingerprint density at radius 1 is 1.16 bits per heavy atom. The summed E-state index contributed by atoms with van der Waals surface area (Å²) in [5, 5.41) is 3.55. The third-order valence-electron chi connectivity index (χ3n) is 5.08. The van der Waals surface area contributed by atoms with Gasteiger partial charge in [0.25, 0.3) is 0 Å². The van der Waals surface area contributed by atoms with Crippen LogP contribution in [0.4, 0.5) is 5.82 Å². The molecule has 3 aliphatic rings. The first kappa shape index (κ1) is 12.1. The standard InChI is InChI=1S/C15H20BrN3/c16-13-7-14(19-15(18-13)10-3-4-10)17-8-12-6-9-1-2-11(12)5-9/h7,9-12H,1-6,8H2,(H,17,18,19). The maximum atomic E-state index is 4.67. The van der Waals surface area contributed by atoms with Crippen molar-refractivity contribution in [2.75, 3.05) is 11.9 Å². The van der Waals surface area contributed by atoms with E-state index in [2.05, 4.69) is 31.2 Å².